The summed E-state index contributed by atoms with van der Waals surface area (Å²) in [4.78, 5) is 40.7. The van der Waals surface area contributed by atoms with Crippen molar-refractivity contribution in [2.75, 3.05) is 13.1 Å². The Bertz CT molecular complexity index is 913. The molecule has 0 aliphatic heterocycles. The van der Waals surface area contributed by atoms with Crippen LogP contribution in [0.4, 0.5) is 4.39 Å². The normalized spacial score (nSPS) is 14.7. The Balaban J connectivity index is 1.83. The maximum Gasteiger partial charge on any atom is 0.261 e. The minimum absolute atomic E-state index is 0.0402. The molecule has 2 N–H and O–H groups in total. The fourth-order valence-electron chi connectivity index (χ4n) is 3.98. The van der Waals surface area contributed by atoms with Crippen LogP contribution < -0.4 is 10.6 Å². The summed E-state index contributed by atoms with van der Waals surface area (Å²) in [6.07, 6.45) is 5.32. The van der Waals surface area contributed by atoms with Crippen LogP contribution in [0.2, 0.25) is 0 Å². The predicted molar refractivity (Wildman–Crippen MR) is 123 cm³/mol. The number of benzene rings is 1. The number of carbonyl (C=O) groups excluding carboxylic acids is 3. The van der Waals surface area contributed by atoms with Gasteiger partial charge in [-0.3, -0.25) is 14.4 Å². The van der Waals surface area contributed by atoms with Gasteiger partial charge in [-0.25, -0.2) is 4.39 Å². The molecule has 3 amide bonds. The van der Waals surface area contributed by atoms with Crippen LogP contribution in [0.3, 0.4) is 0 Å². The number of rotatable bonds is 10. The van der Waals surface area contributed by atoms with Crippen LogP contribution in [-0.2, 0) is 9.59 Å². The van der Waals surface area contributed by atoms with E-state index in [0.29, 0.717) is 17.8 Å². The molecule has 0 unspecified atom stereocenters. The van der Waals surface area contributed by atoms with Crippen molar-refractivity contribution in [3.63, 3.8) is 0 Å². The summed E-state index contributed by atoms with van der Waals surface area (Å²) in [6.45, 7) is 2.02. The molecule has 6 nitrogen and oxygen atoms in total. The smallest absolute Gasteiger partial charge is 0.261 e. The second-order valence-corrected chi connectivity index (χ2v) is 8.96. The predicted octanol–water partition coefficient (Wildman–Crippen LogP) is 4.05. The maximum atomic E-state index is 14.8. The van der Waals surface area contributed by atoms with Gasteiger partial charge in [0.25, 0.3) is 5.91 Å². The first-order chi connectivity index (χ1) is 15.5. The van der Waals surface area contributed by atoms with E-state index in [-0.39, 0.29) is 30.0 Å². The summed E-state index contributed by atoms with van der Waals surface area (Å²) in [5, 5.41) is 7.43. The summed E-state index contributed by atoms with van der Waals surface area (Å²) in [5.74, 6) is -1.67. The second-order valence-electron chi connectivity index (χ2n) is 8.01. The summed E-state index contributed by atoms with van der Waals surface area (Å²) in [7, 11) is 0. The number of nitrogens with zero attached hydrogens (tertiary/aromatic N) is 1. The van der Waals surface area contributed by atoms with Gasteiger partial charge in [0.2, 0.25) is 11.8 Å². The molecule has 3 rings (SSSR count). The molecule has 1 saturated carbocycles. The number of thiophene rings is 1. The van der Waals surface area contributed by atoms with Gasteiger partial charge in [0.1, 0.15) is 11.9 Å². The average Bonchev–Trinajstić information content (AvgIpc) is 3.50. The Morgan fingerprint density at radius 1 is 1.16 bits per heavy atom. The Kier molecular flexibility index (Phi) is 8.79. The highest BCUT2D eigenvalue weighted by Gasteiger charge is 2.34. The molecule has 0 saturated heterocycles. The topological polar surface area (TPSA) is 78.5 Å². The zero-order chi connectivity index (χ0) is 22.9. The SMILES string of the molecule is CCCCN(C(=O)CNC(=O)c1cccs1)[C@H](C(=O)NC1CCCC1)c1ccccc1F. The summed E-state index contributed by atoms with van der Waals surface area (Å²) in [6, 6.07) is 8.46. The van der Waals surface area contributed by atoms with Crippen molar-refractivity contribution in [2.45, 2.75) is 57.5 Å². The molecule has 1 aromatic carbocycles. The molecule has 32 heavy (non-hydrogen) atoms. The van der Waals surface area contributed by atoms with Crippen molar-refractivity contribution in [3.8, 4) is 0 Å². The number of halogens is 1. The molecule has 0 radical (unpaired) electrons. The third-order valence-electron chi connectivity index (χ3n) is 5.68. The Morgan fingerprint density at radius 3 is 2.56 bits per heavy atom. The van der Waals surface area contributed by atoms with Gasteiger partial charge in [-0.1, -0.05) is 50.5 Å². The quantitative estimate of drug-likeness (QED) is 0.563. The van der Waals surface area contributed by atoms with Crippen LogP contribution in [-0.4, -0.2) is 41.8 Å². The molecule has 1 atom stereocenters. The van der Waals surface area contributed by atoms with E-state index in [1.165, 1.54) is 22.3 Å². The highest BCUT2D eigenvalue weighted by Crippen LogP contribution is 2.26. The number of hydrogen-bond donors (Lipinski definition) is 2. The standard InChI is InChI=1S/C24H30FN3O3S/c1-2-3-14-28(21(29)16-26-23(30)20-13-8-15-32-20)22(18-11-6-7-12-19(18)25)24(31)27-17-9-4-5-10-17/h6-8,11-13,15,17,22H,2-5,9-10,14,16H2,1H3,(H,26,30)(H,27,31)/t22-/m0/s1. The molecular formula is C24H30FN3O3S. The van der Waals surface area contributed by atoms with Crippen molar-refractivity contribution in [3.05, 3.63) is 58.0 Å². The van der Waals surface area contributed by atoms with E-state index in [2.05, 4.69) is 10.6 Å². The highest BCUT2D eigenvalue weighted by molar-refractivity contribution is 7.12. The van der Waals surface area contributed by atoms with E-state index >= 15 is 0 Å². The number of unbranched alkanes of at least 4 members (excludes halogenated alkanes) is 1. The average molecular weight is 460 g/mol. The van der Waals surface area contributed by atoms with Crippen LogP contribution in [0.25, 0.3) is 0 Å². The monoisotopic (exact) mass is 459 g/mol. The maximum absolute atomic E-state index is 14.8. The Hall–Kier alpha value is -2.74. The molecule has 1 fully saturated rings. The minimum Gasteiger partial charge on any atom is -0.351 e. The van der Waals surface area contributed by atoms with Gasteiger partial charge in [-0.05, 0) is 36.8 Å². The lowest BCUT2D eigenvalue weighted by Crippen LogP contribution is -2.49. The van der Waals surface area contributed by atoms with Crippen molar-refractivity contribution < 1.29 is 18.8 Å². The summed E-state index contributed by atoms with van der Waals surface area (Å²) >= 11 is 1.28. The van der Waals surface area contributed by atoms with Gasteiger partial charge in [0, 0.05) is 18.2 Å². The van der Waals surface area contributed by atoms with Gasteiger partial charge in [-0.2, -0.15) is 0 Å². The number of nitrogens with one attached hydrogen (secondary N) is 2. The van der Waals surface area contributed by atoms with Crippen LogP contribution in [0.1, 0.15) is 66.7 Å². The second kappa shape index (κ2) is 11.8. The first-order valence-electron chi connectivity index (χ1n) is 11.2. The van der Waals surface area contributed by atoms with Crippen LogP contribution in [0.15, 0.2) is 41.8 Å². The largest absolute Gasteiger partial charge is 0.351 e. The van der Waals surface area contributed by atoms with Crippen molar-refractivity contribution in [1.82, 2.24) is 15.5 Å². The van der Waals surface area contributed by atoms with Gasteiger partial charge in [-0.15, -0.1) is 11.3 Å². The van der Waals surface area contributed by atoms with E-state index in [1.807, 2.05) is 6.92 Å². The van der Waals surface area contributed by atoms with E-state index in [0.717, 1.165) is 32.1 Å². The molecule has 1 aliphatic carbocycles. The van der Waals surface area contributed by atoms with Gasteiger partial charge in [0.05, 0.1) is 11.4 Å². The van der Waals surface area contributed by atoms with Gasteiger partial charge >= 0.3 is 0 Å². The van der Waals surface area contributed by atoms with E-state index in [4.69, 9.17) is 0 Å². The van der Waals surface area contributed by atoms with Crippen molar-refractivity contribution in [1.29, 1.82) is 0 Å². The molecule has 8 heteroatoms. The minimum atomic E-state index is -1.09. The van der Waals surface area contributed by atoms with E-state index in [1.54, 1.807) is 35.7 Å². The third-order valence-corrected chi connectivity index (χ3v) is 6.55. The lowest BCUT2D eigenvalue weighted by molar-refractivity contribution is -0.140. The van der Waals surface area contributed by atoms with Crippen LogP contribution in [0.5, 0.6) is 0 Å². The fourth-order valence-corrected chi connectivity index (χ4v) is 4.62. The van der Waals surface area contributed by atoms with Crippen LogP contribution in [0, 0.1) is 5.82 Å². The molecular weight excluding hydrogens is 429 g/mol. The highest BCUT2D eigenvalue weighted by atomic mass is 32.1. The third kappa shape index (κ3) is 6.16. The first kappa shape index (κ1) is 23.9. The first-order valence-corrected chi connectivity index (χ1v) is 12.0. The fraction of sp³-hybridized carbons (Fsp3) is 0.458. The Labute approximate surface area is 192 Å². The lowest BCUT2D eigenvalue weighted by atomic mass is 10.0. The van der Waals surface area contributed by atoms with Crippen LogP contribution >= 0.6 is 11.3 Å². The zero-order valence-electron chi connectivity index (χ0n) is 18.3. The number of amides is 3. The van der Waals surface area contributed by atoms with E-state index < -0.39 is 17.8 Å². The molecule has 1 aromatic heterocycles. The molecule has 0 spiro atoms. The molecule has 2 aromatic rings. The molecule has 0 bridgehead atoms. The summed E-state index contributed by atoms with van der Waals surface area (Å²) in [5.41, 5.74) is 0.164. The van der Waals surface area contributed by atoms with Crippen molar-refractivity contribution in [2.24, 2.45) is 0 Å². The molecule has 1 heterocycles. The number of carbonyl (C=O) groups is 3. The van der Waals surface area contributed by atoms with Gasteiger partial charge < -0.3 is 15.5 Å². The van der Waals surface area contributed by atoms with E-state index in [9.17, 15) is 18.8 Å². The lowest BCUT2D eigenvalue weighted by Gasteiger charge is -2.32. The van der Waals surface area contributed by atoms with Crippen molar-refractivity contribution >= 4 is 29.1 Å². The van der Waals surface area contributed by atoms with Gasteiger partial charge in [0.15, 0.2) is 0 Å². The molecule has 1 aliphatic rings. The molecule has 172 valence electrons. The number of hydrogen-bond acceptors (Lipinski definition) is 4. The Morgan fingerprint density at radius 2 is 1.91 bits per heavy atom. The zero-order valence-corrected chi connectivity index (χ0v) is 19.1. The summed E-state index contributed by atoms with van der Waals surface area (Å²) < 4.78 is 14.8.